The minimum absolute atomic E-state index is 0.874. The molecule has 0 unspecified atom stereocenters. The van der Waals surface area contributed by atoms with Gasteiger partial charge in [-0.25, -0.2) is 0 Å². The van der Waals surface area contributed by atoms with Gasteiger partial charge in [0, 0.05) is 0 Å². The van der Waals surface area contributed by atoms with Crippen LogP contribution in [0.3, 0.4) is 0 Å². The average molecular weight is 259 g/mol. The third-order valence-electron chi connectivity index (χ3n) is 1.36. The molecule has 1 nitrogen and oxygen atoms in total. The Morgan fingerprint density at radius 2 is 2.27 bits per heavy atom. The van der Waals surface area contributed by atoms with E-state index in [1.54, 1.807) is 7.11 Å². The molecule has 0 aliphatic carbocycles. The zero-order chi connectivity index (χ0) is 8.27. The molecule has 1 aromatic rings. The van der Waals surface area contributed by atoms with Gasteiger partial charge in [-0.15, -0.1) is 0 Å². The highest BCUT2D eigenvalue weighted by Crippen LogP contribution is 2.21. The van der Waals surface area contributed by atoms with Gasteiger partial charge in [0.2, 0.25) is 0 Å². The lowest BCUT2D eigenvalue weighted by Gasteiger charge is -2.02. The van der Waals surface area contributed by atoms with E-state index in [1.807, 2.05) is 18.2 Å². The molecule has 0 aliphatic heterocycles. The first-order valence-electron chi connectivity index (χ1n) is 3.14. The number of benzene rings is 1. The fourth-order valence-electron chi connectivity index (χ4n) is 0.770. The Hall–Kier alpha value is -0.510. The van der Waals surface area contributed by atoms with Crippen molar-refractivity contribution >= 4 is 22.6 Å². The molecule has 0 aliphatic rings. The number of hydrogen-bond donors (Lipinski definition) is 0. The maximum Gasteiger partial charge on any atom is 0.132 e. The summed E-state index contributed by atoms with van der Waals surface area (Å²) in [4.78, 5) is 0. The number of hydrogen-bond acceptors (Lipinski definition) is 1. The van der Waals surface area contributed by atoms with Crippen LogP contribution in [0.5, 0.6) is 5.75 Å². The monoisotopic (exact) mass is 259 g/mol. The van der Waals surface area contributed by atoms with Crippen LogP contribution in [0.25, 0.3) is 0 Å². The Kier molecular flexibility index (Phi) is 2.93. The summed E-state index contributed by atoms with van der Waals surface area (Å²) < 4.78 is 6.21. The topological polar surface area (TPSA) is 9.23 Å². The highest BCUT2D eigenvalue weighted by Gasteiger charge is 1.97. The molecule has 1 radical (unpaired) electrons. The van der Waals surface area contributed by atoms with Crippen molar-refractivity contribution in [3.63, 3.8) is 0 Å². The third kappa shape index (κ3) is 1.96. The van der Waals surface area contributed by atoms with E-state index in [0.717, 1.165) is 14.9 Å². The molecular weight excluding hydrogens is 251 g/mol. The van der Waals surface area contributed by atoms with Gasteiger partial charge in [0.15, 0.2) is 0 Å². The second-order valence-electron chi connectivity index (χ2n) is 2.03. The molecule has 0 amide bonds. The van der Waals surface area contributed by atoms with Crippen LogP contribution < -0.4 is 4.74 Å². The molecule has 11 heavy (non-hydrogen) atoms. The minimum Gasteiger partial charge on any atom is -0.496 e. The molecule has 0 N–H and O–H groups in total. The van der Waals surface area contributed by atoms with E-state index in [9.17, 15) is 0 Å². The van der Waals surface area contributed by atoms with Gasteiger partial charge in [-0.1, -0.05) is 12.6 Å². The lowest BCUT2D eigenvalue weighted by atomic mass is 10.2. The summed E-state index contributed by atoms with van der Waals surface area (Å²) in [5.74, 6) is 0.874. The van der Waals surface area contributed by atoms with Gasteiger partial charge in [0.1, 0.15) is 5.75 Å². The molecule has 0 saturated carbocycles. The Labute approximate surface area is 80.2 Å². The van der Waals surface area contributed by atoms with Crippen molar-refractivity contribution in [1.29, 1.82) is 0 Å². The van der Waals surface area contributed by atoms with E-state index in [0.29, 0.717) is 0 Å². The van der Waals surface area contributed by atoms with Gasteiger partial charge < -0.3 is 4.74 Å². The summed E-state index contributed by atoms with van der Waals surface area (Å²) in [5, 5.41) is 0. The molecule has 0 aromatic heterocycles. The maximum atomic E-state index is 5.11. The molecule has 0 saturated heterocycles. The average Bonchev–Trinajstić information content (AvgIpc) is 2.05. The first-order valence-corrected chi connectivity index (χ1v) is 4.22. The number of rotatable bonds is 2. The van der Waals surface area contributed by atoms with Crippen LogP contribution in [0, 0.1) is 9.65 Å². The second-order valence-corrected chi connectivity index (χ2v) is 3.19. The molecule has 1 rings (SSSR count). The first-order chi connectivity index (χ1) is 5.27. The highest BCUT2D eigenvalue weighted by atomic mass is 127. The summed E-state index contributed by atoms with van der Waals surface area (Å²) in [6, 6.07) is 5.85. The van der Waals surface area contributed by atoms with Gasteiger partial charge in [-0.05, 0) is 46.4 Å². The summed E-state index contributed by atoms with van der Waals surface area (Å²) in [5.41, 5.74) is 0.960. The molecule has 2 heteroatoms. The van der Waals surface area contributed by atoms with E-state index in [1.165, 1.54) is 0 Å². The van der Waals surface area contributed by atoms with Gasteiger partial charge >= 0.3 is 0 Å². The van der Waals surface area contributed by atoms with Crippen LogP contribution in [0.2, 0.25) is 0 Å². The fourth-order valence-corrected chi connectivity index (χ4v) is 1.33. The summed E-state index contributed by atoms with van der Waals surface area (Å²) >= 11 is 2.22. The van der Waals surface area contributed by atoms with Crippen LogP contribution in [0.1, 0.15) is 5.56 Å². The van der Waals surface area contributed by atoms with Gasteiger partial charge in [-0.3, -0.25) is 0 Å². The standard InChI is InChI=1S/C9H8IO/c1-3-7-4-5-8(10)9(6-7)11-2/h4-6H,1H2,2H3. The Morgan fingerprint density at radius 3 is 2.82 bits per heavy atom. The molecule has 0 spiro atoms. The zero-order valence-electron chi connectivity index (χ0n) is 6.23. The molecule has 0 fully saturated rings. The largest absolute Gasteiger partial charge is 0.496 e. The third-order valence-corrected chi connectivity index (χ3v) is 2.25. The van der Waals surface area contributed by atoms with Crippen molar-refractivity contribution in [2.24, 2.45) is 0 Å². The van der Waals surface area contributed by atoms with Crippen molar-refractivity contribution in [3.05, 3.63) is 40.0 Å². The van der Waals surface area contributed by atoms with E-state index >= 15 is 0 Å². The van der Waals surface area contributed by atoms with Gasteiger partial charge in [0.05, 0.1) is 10.7 Å². The Bertz CT molecular complexity index is 268. The van der Waals surface area contributed by atoms with Crippen LogP contribution in [-0.2, 0) is 0 Å². The quantitative estimate of drug-likeness (QED) is 0.742. The predicted octanol–water partition coefficient (Wildman–Crippen LogP) is 2.64. The van der Waals surface area contributed by atoms with Crippen molar-refractivity contribution in [2.45, 2.75) is 0 Å². The first kappa shape index (κ1) is 8.59. The van der Waals surface area contributed by atoms with Crippen molar-refractivity contribution < 1.29 is 4.74 Å². The van der Waals surface area contributed by atoms with E-state index in [4.69, 9.17) is 4.74 Å². The van der Waals surface area contributed by atoms with Crippen LogP contribution >= 0.6 is 22.6 Å². The minimum atomic E-state index is 0.874. The Balaban J connectivity index is 3.12. The van der Waals surface area contributed by atoms with Crippen molar-refractivity contribution in [2.75, 3.05) is 7.11 Å². The Morgan fingerprint density at radius 1 is 1.55 bits per heavy atom. The second kappa shape index (κ2) is 3.76. The molecule has 0 bridgehead atoms. The lowest BCUT2D eigenvalue weighted by molar-refractivity contribution is 0.411. The number of halogens is 1. The van der Waals surface area contributed by atoms with E-state index in [2.05, 4.69) is 35.2 Å². The predicted molar refractivity (Wildman–Crippen MR) is 53.7 cm³/mol. The SMILES string of the molecule is C=[C]c1ccc(I)c(OC)c1. The van der Waals surface area contributed by atoms with Crippen LogP contribution in [-0.4, -0.2) is 7.11 Å². The number of methoxy groups -OCH3 is 1. The van der Waals surface area contributed by atoms with Gasteiger partial charge in [-0.2, -0.15) is 0 Å². The summed E-state index contributed by atoms with van der Waals surface area (Å²) in [6.07, 6.45) is 2.80. The summed E-state index contributed by atoms with van der Waals surface area (Å²) in [6.45, 7) is 3.55. The van der Waals surface area contributed by atoms with Crippen molar-refractivity contribution in [3.8, 4) is 5.75 Å². The zero-order valence-corrected chi connectivity index (χ0v) is 8.38. The number of ether oxygens (including phenoxy) is 1. The van der Waals surface area contributed by atoms with E-state index in [-0.39, 0.29) is 0 Å². The molecule has 0 atom stereocenters. The van der Waals surface area contributed by atoms with Crippen molar-refractivity contribution in [1.82, 2.24) is 0 Å². The van der Waals surface area contributed by atoms with Gasteiger partial charge in [0.25, 0.3) is 0 Å². The molecular formula is C9H8IO. The fraction of sp³-hybridized carbons (Fsp3) is 0.111. The molecule has 1 aromatic carbocycles. The molecule has 0 heterocycles. The molecule has 57 valence electrons. The lowest BCUT2D eigenvalue weighted by Crippen LogP contribution is -1.87. The van der Waals surface area contributed by atoms with E-state index < -0.39 is 0 Å². The highest BCUT2D eigenvalue weighted by molar-refractivity contribution is 14.1. The summed E-state index contributed by atoms with van der Waals surface area (Å²) in [7, 11) is 1.66. The van der Waals surface area contributed by atoms with Crippen LogP contribution in [0.4, 0.5) is 0 Å². The maximum absolute atomic E-state index is 5.11. The smallest absolute Gasteiger partial charge is 0.132 e. The van der Waals surface area contributed by atoms with Crippen LogP contribution in [0.15, 0.2) is 24.8 Å². The normalized spacial score (nSPS) is 9.27.